The molecule has 4 heterocycles. The molecule has 0 radical (unpaired) electrons. The first-order chi connectivity index (χ1) is 17.1. The van der Waals surface area contributed by atoms with Gasteiger partial charge in [-0.15, -0.1) is 10.2 Å². The topological polar surface area (TPSA) is 93.9 Å². The van der Waals surface area contributed by atoms with Crippen molar-refractivity contribution in [3.63, 3.8) is 0 Å². The zero-order valence-corrected chi connectivity index (χ0v) is 19.7. The van der Waals surface area contributed by atoms with Crippen molar-refractivity contribution in [2.24, 2.45) is 11.8 Å². The molecular formula is C25H29FN6O3. The van der Waals surface area contributed by atoms with Crippen LogP contribution in [0.15, 0.2) is 24.7 Å². The van der Waals surface area contributed by atoms with Gasteiger partial charge in [0.05, 0.1) is 13.2 Å². The summed E-state index contributed by atoms with van der Waals surface area (Å²) in [4.78, 5) is 19.8. The smallest absolute Gasteiger partial charge is 0.210 e. The number of nitrogens with zero attached hydrogens (tertiary/aromatic N) is 5. The zero-order valence-electron chi connectivity index (χ0n) is 19.7. The minimum atomic E-state index is -0.329. The van der Waals surface area contributed by atoms with Gasteiger partial charge in [0, 0.05) is 54.9 Å². The fourth-order valence-corrected chi connectivity index (χ4v) is 5.48. The van der Waals surface area contributed by atoms with Gasteiger partial charge in [-0.05, 0) is 44.4 Å². The number of nitrogens with one attached hydrogen (secondary N) is 1. The summed E-state index contributed by atoms with van der Waals surface area (Å²) in [5, 5.41) is 11.6. The lowest BCUT2D eigenvalue weighted by molar-refractivity contribution is -0.145. The molecule has 1 aromatic carbocycles. The molecule has 1 aliphatic carbocycles. The summed E-state index contributed by atoms with van der Waals surface area (Å²) < 4.78 is 27.7. The number of hydrogen-bond acceptors (Lipinski definition) is 8. The van der Waals surface area contributed by atoms with Crippen LogP contribution in [0.4, 0.5) is 10.3 Å². The van der Waals surface area contributed by atoms with Gasteiger partial charge in [0.1, 0.15) is 24.0 Å². The van der Waals surface area contributed by atoms with Gasteiger partial charge in [0.15, 0.2) is 11.4 Å². The summed E-state index contributed by atoms with van der Waals surface area (Å²) in [6.45, 7) is 2.99. The molecule has 2 fully saturated rings. The van der Waals surface area contributed by atoms with Crippen LogP contribution in [0.3, 0.4) is 0 Å². The number of Topliss-reactive ketones (excluding diaryl/α,β-unsaturated/α-hetero) is 1. The first-order valence-electron chi connectivity index (χ1n) is 12.3. The molecule has 1 N–H and O–H groups in total. The number of likely N-dealkylation sites (N-methyl/N-ethyl adjacent to an activating group) is 1. The van der Waals surface area contributed by atoms with Gasteiger partial charge in [-0.25, -0.2) is 9.37 Å². The van der Waals surface area contributed by atoms with E-state index in [1.807, 2.05) is 7.05 Å². The number of carbonyl (C=O) groups is 1. The Kier molecular flexibility index (Phi) is 5.85. The number of anilines is 1. The van der Waals surface area contributed by atoms with Crippen molar-refractivity contribution in [3.8, 4) is 5.75 Å². The van der Waals surface area contributed by atoms with Gasteiger partial charge < -0.3 is 19.7 Å². The second kappa shape index (κ2) is 9.16. The summed E-state index contributed by atoms with van der Waals surface area (Å²) in [7, 11) is 2.03. The molecule has 1 saturated carbocycles. The van der Waals surface area contributed by atoms with Gasteiger partial charge >= 0.3 is 0 Å². The minimum absolute atomic E-state index is 0.0117. The number of fused-ring (bicyclic) bond motifs is 2. The molecule has 3 atom stereocenters. The van der Waals surface area contributed by atoms with Gasteiger partial charge in [0.2, 0.25) is 5.95 Å². The van der Waals surface area contributed by atoms with E-state index in [0.717, 1.165) is 36.3 Å². The van der Waals surface area contributed by atoms with E-state index in [-0.39, 0.29) is 36.1 Å². The van der Waals surface area contributed by atoms with Crippen molar-refractivity contribution in [1.29, 1.82) is 0 Å². The normalized spacial score (nSPS) is 24.1. The average Bonchev–Trinajstić information content (AvgIpc) is 3.52. The monoisotopic (exact) mass is 480 g/mol. The number of halogens is 1. The molecule has 0 bridgehead atoms. The first-order valence-corrected chi connectivity index (χ1v) is 12.3. The van der Waals surface area contributed by atoms with Crippen molar-refractivity contribution in [2.75, 3.05) is 38.7 Å². The van der Waals surface area contributed by atoms with Crippen LogP contribution in [0.5, 0.6) is 5.75 Å². The Hall–Kier alpha value is -3.11. The van der Waals surface area contributed by atoms with Gasteiger partial charge in [-0.3, -0.25) is 9.20 Å². The highest BCUT2D eigenvalue weighted by atomic mass is 19.1. The Balaban J connectivity index is 1.17. The molecular weight excluding hydrogens is 451 g/mol. The largest absolute Gasteiger partial charge is 0.493 e. The molecule has 35 heavy (non-hydrogen) atoms. The van der Waals surface area contributed by atoms with Crippen molar-refractivity contribution in [2.45, 2.75) is 38.3 Å². The number of hydrogen-bond donors (Lipinski definition) is 1. The van der Waals surface area contributed by atoms with E-state index in [9.17, 15) is 9.18 Å². The van der Waals surface area contributed by atoms with E-state index in [4.69, 9.17) is 9.47 Å². The number of ether oxygens (including phenoxy) is 2. The van der Waals surface area contributed by atoms with E-state index in [1.54, 1.807) is 23.0 Å². The van der Waals surface area contributed by atoms with Crippen LogP contribution in [0.25, 0.3) is 5.65 Å². The van der Waals surface area contributed by atoms with Crippen LogP contribution in [-0.4, -0.2) is 69.7 Å². The highest BCUT2D eigenvalue weighted by Gasteiger charge is 2.41. The Morgan fingerprint density at radius 3 is 3.03 bits per heavy atom. The lowest BCUT2D eigenvalue weighted by Crippen LogP contribution is -2.49. The molecule has 0 amide bonds. The third kappa shape index (κ3) is 4.14. The van der Waals surface area contributed by atoms with Crippen molar-refractivity contribution < 1.29 is 18.7 Å². The molecule has 184 valence electrons. The van der Waals surface area contributed by atoms with E-state index in [2.05, 4.69) is 25.4 Å². The number of rotatable bonds is 7. The quantitative estimate of drug-likeness (QED) is 0.551. The summed E-state index contributed by atoms with van der Waals surface area (Å²) >= 11 is 0. The Bertz CT molecular complexity index is 1260. The second-order valence-electron chi connectivity index (χ2n) is 9.76. The maximum atomic E-state index is 14.5. The number of benzene rings is 1. The van der Waals surface area contributed by atoms with E-state index in [0.29, 0.717) is 49.8 Å². The van der Waals surface area contributed by atoms with E-state index in [1.165, 1.54) is 6.07 Å². The van der Waals surface area contributed by atoms with Crippen LogP contribution in [-0.2, 0) is 28.9 Å². The van der Waals surface area contributed by atoms with Crippen molar-refractivity contribution >= 4 is 17.4 Å². The highest BCUT2D eigenvalue weighted by Crippen LogP contribution is 2.39. The van der Waals surface area contributed by atoms with Crippen LogP contribution in [0.2, 0.25) is 0 Å². The molecule has 2 aromatic heterocycles. The van der Waals surface area contributed by atoms with Crippen LogP contribution >= 0.6 is 0 Å². The van der Waals surface area contributed by atoms with Gasteiger partial charge in [-0.2, -0.15) is 0 Å². The van der Waals surface area contributed by atoms with Crippen LogP contribution in [0, 0.1) is 17.7 Å². The minimum Gasteiger partial charge on any atom is -0.493 e. The third-order valence-corrected chi connectivity index (χ3v) is 7.62. The lowest BCUT2D eigenvalue weighted by atomic mass is 9.68. The molecule has 3 aliphatic rings. The summed E-state index contributed by atoms with van der Waals surface area (Å²) in [6.07, 6.45) is 6.39. The maximum absolute atomic E-state index is 14.5. The number of carbonyl (C=O) groups excluding carboxylic acids is 1. The van der Waals surface area contributed by atoms with Crippen LogP contribution < -0.4 is 10.1 Å². The molecule has 10 heteroatoms. The number of aromatic nitrogens is 4. The highest BCUT2D eigenvalue weighted by molar-refractivity contribution is 5.86. The molecule has 2 aliphatic heterocycles. The second-order valence-corrected chi connectivity index (χ2v) is 9.76. The first kappa shape index (κ1) is 22.4. The average molecular weight is 481 g/mol. The summed E-state index contributed by atoms with van der Waals surface area (Å²) in [6, 6.07) is 3.13. The summed E-state index contributed by atoms with van der Waals surface area (Å²) in [5.74, 6) is 1.52. The lowest BCUT2D eigenvalue weighted by Gasteiger charge is -2.39. The molecule has 1 saturated heterocycles. The molecule has 3 unspecified atom stereocenters. The predicted molar refractivity (Wildman–Crippen MR) is 126 cm³/mol. The van der Waals surface area contributed by atoms with E-state index >= 15 is 0 Å². The van der Waals surface area contributed by atoms with E-state index < -0.39 is 0 Å². The Morgan fingerprint density at radius 1 is 1.29 bits per heavy atom. The summed E-state index contributed by atoms with van der Waals surface area (Å²) in [5.41, 5.74) is 3.16. The molecule has 3 aromatic rings. The SMILES string of the molecule is CN1CCOC(C(=O)C2CCC2Cc2cnc(NCc3c(F)ccc4c3CCO4)n3cnnc23)C1. The fraction of sp³-hybridized carbons (Fsp3) is 0.520. The third-order valence-electron chi connectivity index (χ3n) is 7.62. The maximum Gasteiger partial charge on any atom is 0.210 e. The Labute approximate surface area is 202 Å². The van der Waals surface area contributed by atoms with Crippen molar-refractivity contribution in [3.05, 3.63) is 47.2 Å². The predicted octanol–water partition coefficient (Wildman–Crippen LogP) is 2.28. The van der Waals surface area contributed by atoms with Gasteiger partial charge in [0.25, 0.3) is 0 Å². The molecule has 0 spiro atoms. The molecule has 9 nitrogen and oxygen atoms in total. The number of ketones is 1. The standard InChI is InChI=1S/C25H29FN6O3/c1-31-7-9-35-22(13-31)23(33)17-3-2-15(17)10-16-11-27-25(32-14-29-30-24(16)32)28-12-19-18-6-8-34-21(18)5-4-20(19)26/h4-5,11,14-15,17,22H,2-3,6-10,12-13H2,1H3,(H,27,28). The molecule has 6 rings (SSSR count). The van der Waals surface area contributed by atoms with Crippen LogP contribution in [0.1, 0.15) is 29.5 Å². The van der Waals surface area contributed by atoms with Crippen molar-refractivity contribution in [1.82, 2.24) is 24.5 Å². The Morgan fingerprint density at radius 2 is 2.20 bits per heavy atom. The van der Waals surface area contributed by atoms with Gasteiger partial charge in [-0.1, -0.05) is 0 Å². The fourth-order valence-electron chi connectivity index (χ4n) is 5.48. The zero-order chi connectivity index (χ0) is 23.9. The number of morpholine rings is 1.